The van der Waals surface area contributed by atoms with Crippen molar-refractivity contribution in [3.8, 4) is 11.5 Å². The highest BCUT2D eigenvalue weighted by atomic mass is 19.3. The molecule has 28 heavy (non-hydrogen) atoms. The van der Waals surface area contributed by atoms with Gasteiger partial charge in [-0.2, -0.15) is 8.78 Å². The fourth-order valence-electron chi connectivity index (χ4n) is 3.02. The normalized spacial score (nSPS) is 27.5. The first-order chi connectivity index (χ1) is 13.2. The van der Waals surface area contributed by atoms with Gasteiger partial charge in [0.05, 0.1) is 26.1 Å². The maximum Gasteiger partial charge on any atom is 0.484 e. The van der Waals surface area contributed by atoms with Crippen molar-refractivity contribution >= 4 is 0 Å². The van der Waals surface area contributed by atoms with E-state index in [4.69, 9.17) is 14.2 Å². The Morgan fingerprint density at radius 2 is 1.82 bits per heavy atom. The van der Waals surface area contributed by atoms with Crippen molar-refractivity contribution in [3.05, 3.63) is 36.4 Å². The lowest BCUT2D eigenvalue weighted by Crippen LogP contribution is -2.68. The van der Waals surface area contributed by atoms with E-state index in [1.807, 2.05) is 6.92 Å². The molecule has 0 atom stereocenters. The van der Waals surface area contributed by atoms with Crippen LogP contribution < -0.4 is 9.47 Å². The number of alkyl halides is 4. The average Bonchev–Trinajstić information content (AvgIpc) is 2.64. The number of benzene rings is 1. The highest BCUT2D eigenvalue weighted by Gasteiger charge is 2.68. The molecule has 3 heterocycles. The smallest absolute Gasteiger partial charge is 0.462 e. The predicted octanol–water partition coefficient (Wildman–Crippen LogP) is 4.47. The summed E-state index contributed by atoms with van der Waals surface area (Å²) in [6.07, 6.45) is -4.34. The Hall–Kier alpha value is -1.91. The van der Waals surface area contributed by atoms with Crippen molar-refractivity contribution < 1.29 is 45.6 Å². The zero-order valence-electron chi connectivity index (χ0n) is 14.9. The number of fused-ring (bicyclic) bond motifs is 3. The van der Waals surface area contributed by atoms with E-state index in [2.05, 4.69) is 9.47 Å². The summed E-state index contributed by atoms with van der Waals surface area (Å²) in [7, 11) is 0. The van der Waals surface area contributed by atoms with Crippen molar-refractivity contribution in [1.29, 1.82) is 0 Å². The monoisotopic (exact) mass is 410 g/mol. The van der Waals surface area contributed by atoms with Crippen LogP contribution in [0.1, 0.15) is 19.8 Å². The maximum absolute atomic E-state index is 14.7. The van der Waals surface area contributed by atoms with Gasteiger partial charge < -0.3 is 23.7 Å². The molecule has 3 fully saturated rings. The highest BCUT2D eigenvalue weighted by Crippen LogP contribution is 2.48. The molecule has 0 aliphatic carbocycles. The SMILES string of the molecule is CCCC12COC(C(F)(F)Oc3ccc(OC=CC(F)F)c(F)c3)(OC1)OC2. The Kier molecular flexibility index (Phi) is 5.83. The minimum Gasteiger partial charge on any atom is -0.462 e. The van der Waals surface area contributed by atoms with Crippen molar-refractivity contribution in [1.82, 2.24) is 0 Å². The zero-order chi connectivity index (χ0) is 20.4. The van der Waals surface area contributed by atoms with Gasteiger partial charge in [-0.15, -0.1) is 0 Å². The number of halogens is 5. The third-order valence-electron chi connectivity index (χ3n) is 4.41. The predicted molar refractivity (Wildman–Crippen MR) is 85.7 cm³/mol. The van der Waals surface area contributed by atoms with Crippen LogP contribution in [0.3, 0.4) is 0 Å². The molecule has 1 aromatic carbocycles. The van der Waals surface area contributed by atoms with Gasteiger partial charge in [0.1, 0.15) is 5.75 Å². The van der Waals surface area contributed by atoms with Crippen molar-refractivity contribution in [3.63, 3.8) is 0 Å². The van der Waals surface area contributed by atoms with Gasteiger partial charge in [0.15, 0.2) is 11.6 Å². The number of hydrogen-bond acceptors (Lipinski definition) is 5. The third-order valence-corrected chi connectivity index (χ3v) is 4.41. The van der Waals surface area contributed by atoms with Gasteiger partial charge in [-0.3, -0.25) is 0 Å². The minimum absolute atomic E-state index is 0.0252. The summed E-state index contributed by atoms with van der Waals surface area (Å²) in [5, 5.41) is 0. The van der Waals surface area contributed by atoms with Crippen LogP contribution >= 0.6 is 0 Å². The van der Waals surface area contributed by atoms with Crippen molar-refractivity contribution in [2.45, 2.75) is 38.3 Å². The Morgan fingerprint density at radius 1 is 1.18 bits per heavy atom. The summed E-state index contributed by atoms with van der Waals surface area (Å²) in [5.74, 6) is -4.78. The average molecular weight is 410 g/mol. The van der Waals surface area contributed by atoms with Crippen LogP contribution in [-0.2, 0) is 14.2 Å². The molecule has 4 rings (SSSR count). The molecule has 0 radical (unpaired) electrons. The molecule has 0 spiro atoms. The second-order valence-corrected chi connectivity index (χ2v) is 6.66. The van der Waals surface area contributed by atoms with E-state index in [1.54, 1.807) is 0 Å². The van der Waals surface area contributed by atoms with Crippen molar-refractivity contribution in [2.24, 2.45) is 5.41 Å². The van der Waals surface area contributed by atoms with E-state index in [0.29, 0.717) is 24.8 Å². The van der Waals surface area contributed by atoms with E-state index in [-0.39, 0.29) is 19.8 Å². The molecule has 3 saturated heterocycles. The first-order valence-corrected chi connectivity index (χ1v) is 8.61. The van der Waals surface area contributed by atoms with E-state index in [0.717, 1.165) is 18.6 Å². The molecular formula is C18H19F5O5. The molecule has 0 saturated carbocycles. The van der Waals surface area contributed by atoms with Gasteiger partial charge in [-0.25, -0.2) is 13.2 Å². The van der Waals surface area contributed by atoms with Gasteiger partial charge in [-0.1, -0.05) is 13.3 Å². The van der Waals surface area contributed by atoms with E-state index in [9.17, 15) is 22.0 Å². The fraction of sp³-hybridized carbons (Fsp3) is 0.556. The summed E-state index contributed by atoms with van der Waals surface area (Å²) in [6, 6.07) is 2.58. The van der Waals surface area contributed by atoms with Crippen LogP contribution in [0.4, 0.5) is 22.0 Å². The van der Waals surface area contributed by atoms with Gasteiger partial charge >= 0.3 is 12.1 Å². The quantitative estimate of drug-likeness (QED) is 0.468. The molecule has 1 aromatic rings. The Balaban J connectivity index is 1.68. The molecular weight excluding hydrogens is 391 g/mol. The molecule has 2 bridgehead atoms. The van der Waals surface area contributed by atoms with Gasteiger partial charge in [0.25, 0.3) is 6.43 Å². The Labute approximate surface area is 158 Å². The van der Waals surface area contributed by atoms with Crippen LogP contribution in [0, 0.1) is 11.2 Å². The number of rotatable bonds is 8. The van der Waals surface area contributed by atoms with E-state index < -0.39 is 41.2 Å². The maximum atomic E-state index is 14.7. The molecule has 0 amide bonds. The van der Waals surface area contributed by atoms with Crippen molar-refractivity contribution in [2.75, 3.05) is 19.8 Å². The molecule has 0 unspecified atom stereocenters. The fourth-order valence-corrected chi connectivity index (χ4v) is 3.02. The lowest BCUT2D eigenvalue weighted by Gasteiger charge is -2.52. The molecule has 10 heteroatoms. The molecule has 3 aliphatic rings. The van der Waals surface area contributed by atoms with Crippen LogP contribution in [0.25, 0.3) is 0 Å². The van der Waals surface area contributed by atoms with Crippen LogP contribution in [0.2, 0.25) is 0 Å². The molecule has 0 aromatic heterocycles. The van der Waals surface area contributed by atoms with Crippen LogP contribution in [-0.4, -0.2) is 38.3 Å². The van der Waals surface area contributed by atoms with Gasteiger partial charge in [-0.05, 0) is 18.6 Å². The summed E-state index contributed by atoms with van der Waals surface area (Å²) in [6.45, 7) is 2.03. The second kappa shape index (κ2) is 7.84. The van der Waals surface area contributed by atoms with Gasteiger partial charge in [0.2, 0.25) is 0 Å². The number of allylic oxidation sites excluding steroid dienone is 1. The number of ether oxygens (including phenoxy) is 5. The first kappa shape index (κ1) is 20.8. The van der Waals surface area contributed by atoms with Crippen LogP contribution in [0.15, 0.2) is 30.5 Å². The zero-order valence-corrected chi connectivity index (χ0v) is 14.9. The molecule has 5 nitrogen and oxygen atoms in total. The lowest BCUT2D eigenvalue weighted by molar-refractivity contribution is -0.548. The third kappa shape index (κ3) is 4.08. The Morgan fingerprint density at radius 3 is 2.36 bits per heavy atom. The second-order valence-electron chi connectivity index (χ2n) is 6.66. The highest BCUT2D eigenvalue weighted by molar-refractivity contribution is 5.33. The lowest BCUT2D eigenvalue weighted by atomic mass is 9.84. The van der Waals surface area contributed by atoms with Crippen LogP contribution in [0.5, 0.6) is 11.5 Å². The largest absolute Gasteiger partial charge is 0.484 e. The summed E-state index contributed by atoms with van der Waals surface area (Å²) in [5.41, 5.74) is -0.469. The van der Waals surface area contributed by atoms with E-state index >= 15 is 0 Å². The summed E-state index contributed by atoms with van der Waals surface area (Å²) >= 11 is 0. The van der Waals surface area contributed by atoms with Gasteiger partial charge in [0, 0.05) is 17.6 Å². The number of hydrogen-bond donors (Lipinski definition) is 0. The summed E-state index contributed by atoms with van der Waals surface area (Å²) in [4.78, 5) is 0. The standard InChI is InChI=1S/C18H19F5O5/c1-2-6-16-9-25-18(26-10-16,27-11-16)17(22,23)28-12-3-4-14(13(19)8-12)24-7-5-15(20)21/h3-5,7-8,15H,2,6,9-11H2,1H3. The topological polar surface area (TPSA) is 46.2 Å². The Bertz CT molecular complexity index is 700. The molecule has 0 N–H and O–H groups in total. The summed E-state index contributed by atoms with van der Waals surface area (Å²) < 4.78 is 92.1. The first-order valence-electron chi connectivity index (χ1n) is 8.61. The molecule has 156 valence electrons. The molecule has 3 aliphatic heterocycles. The minimum atomic E-state index is -4.07. The van der Waals surface area contributed by atoms with E-state index in [1.165, 1.54) is 0 Å².